The Kier molecular flexibility index (Phi) is 9.85. The van der Waals surface area contributed by atoms with Crippen LogP contribution >= 0.6 is 0 Å². The first kappa shape index (κ1) is 25.2. The third-order valence-electron chi connectivity index (χ3n) is 8.33. The summed E-state index contributed by atoms with van der Waals surface area (Å²) in [6.45, 7) is 1.70. The molecule has 1 unspecified atom stereocenters. The summed E-state index contributed by atoms with van der Waals surface area (Å²) in [6, 6.07) is 7.23. The molecule has 5 heteroatoms. The Morgan fingerprint density at radius 1 is 0.853 bits per heavy atom. The zero-order valence-corrected chi connectivity index (χ0v) is 21.4. The number of hydrogen-bond donors (Lipinski definition) is 1. The fraction of sp³-hybridized carbons (Fsp3) is 0.724. The predicted octanol–water partition coefficient (Wildman–Crippen LogP) is 6.43. The van der Waals surface area contributed by atoms with Crippen molar-refractivity contribution < 1.29 is 4.79 Å². The molecule has 2 aromatic heterocycles. The van der Waals surface area contributed by atoms with Gasteiger partial charge in [-0.1, -0.05) is 63.9 Å². The minimum atomic E-state index is 0.376. The molecule has 0 spiro atoms. The summed E-state index contributed by atoms with van der Waals surface area (Å²) in [5.74, 6) is 2.22. The zero-order chi connectivity index (χ0) is 23.6. The van der Waals surface area contributed by atoms with E-state index < -0.39 is 0 Å². The van der Waals surface area contributed by atoms with Crippen molar-refractivity contribution in [2.45, 2.75) is 114 Å². The van der Waals surface area contributed by atoms with E-state index in [2.05, 4.69) is 41.2 Å². The van der Waals surface area contributed by atoms with E-state index in [4.69, 9.17) is 4.98 Å². The van der Waals surface area contributed by atoms with Crippen molar-refractivity contribution in [2.75, 3.05) is 20.1 Å². The molecule has 1 atom stereocenters. The highest BCUT2D eigenvalue weighted by molar-refractivity contribution is 5.56. The van der Waals surface area contributed by atoms with Crippen molar-refractivity contribution in [3.05, 3.63) is 35.9 Å². The number of likely N-dealkylation sites (tertiary alicyclic amines) is 1. The maximum Gasteiger partial charge on any atom is 0.209 e. The van der Waals surface area contributed by atoms with Gasteiger partial charge in [0.25, 0.3) is 0 Å². The van der Waals surface area contributed by atoms with Gasteiger partial charge in [-0.15, -0.1) is 0 Å². The van der Waals surface area contributed by atoms with Crippen molar-refractivity contribution in [3.63, 3.8) is 0 Å². The van der Waals surface area contributed by atoms with E-state index >= 15 is 0 Å². The van der Waals surface area contributed by atoms with Crippen LogP contribution in [0.3, 0.4) is 0 Å². The molecule has 2 saturated carbocycles. The molecule has 0 radical (unpaired) electrons. The van der Waals surface area contributed by atoms with Crippen LogP contribution in [0.1, 0.15) is 120 Å². The molecule has 3 heterocycles. The predicted molar refractivity (Wildman–Crippen MR) is 140 cm³/mol. The average molecular weight is 467 g/mol. The summed E-state index contributed by atoms with van der Waals surface area (Å²) in [5.41, 5.74) is 2.45. The monoisotopic (exact) mass is 466 g/mol. The van der Waals surface area contributed by atoms with Gasteiger partial charge in [0.2, 0.25) is 6.41 Å². The highest BCUT2D eigenvalue weighted by Crippen LogP contribution is 2.35. The van der Waals surface area contributed by atoms with Crippen LogP contribution in [0.25, 0.3) is 5.52 Å². The number of amides is 1. The average Bonchev–Trinajstić information content (AvgIpc) is 3.04. The van der Waals surface area contributed by atoms with Crippen molar-refractivity contribution in [1.82, 2.24) is 19.6 Å². The van der Waals surface area contributed by atoms with Gasteiger partial charge in [0.15, 0.2) is 0 Å². The van der Waals surface area contributed by atoms with Crippen molar-refractivity contribution in [3.8, 4) is 0 Å². The number of rotatable bonds is 4. The second-order valence-electron chi connectivity index (χ2n) is 10.8. The first-order valence-electron chi connectivity index (χ1n) is 14.1. The van der Waals surface area contributed by atoms with Crippen LogP contribution in [0.5, 0.6) is 0 Å². The number of pyridine rings is 1. The molecule has 2 aromatic rings. The fourth-order valence-corrected chi connectivity index (χ4v) is 6.28. The topological polar surface area (TPSA) is 49.6 Å². The molecular weight excluding hydrogens is 420 g/mol. The molecule has 5 rings (SSSR count). The maximum atomic E-state index is 11.2. The number of aromatic nitrogens is 2. The van der Waals surface area contributed by atoms with Gasteiger partial charge in [-0.2, -0.15) is 0 Å². The first-order chi connectivity index (χ1) is 16.8. The number of nitrogens with zero attached hydrogens (tertiary/aromatic N) is 3. The minimum Gasteiger partial charge on any atom is -0.345 e. The number of imidazole rings is 1. The molecule has 34 heavy (non-hydrogen) atoms. The normalized spacial score (nSPS) is 23.4. The van der Waals surface area contributed by atoms with Crippen LogP contribution < -0.4 is 5.32 Å². The molecule has 1 aliphatic heterocycles. The van der Waals surface area contributed by atoms with Gasteiger partial charge in [0.05, 0.1) is 11.2 Å². The summed E-state index contributed by atoms with van der Waals surface area (Å²) in [7, 11) is 2.09. The van der Waals surface area contributed by atoms with E-state index in [1.807, 2.05) is 4.90 Å². The molecule has 1 saturated heterocycles. The first-order valence-corrected chi connectivity index (χ1v) is 14.1. The lowest BCUT2D eigenvalue weighted by atomic mass is 9.94. The summed E-state index contributed by atoms with van der Waals surface area (Å²) < 4.78 is 2.32. The van der Waals surface area contributed by atoms with Crippen LogP contribution in [0.4, 0.5) is 0 Å². The van der Waals surface area contributed by atoms with E-state index in [1.54, 1.807) is 0 Å². The Hall–Kier alpha value is -1.88. The van der Waals surface area contributed by atoms with Gasteiger partial charge < -0.3 is 14.6 Å². The van der Waals surface area contributed by atoms with Crippen LogP contribution in [0, 0.1) is 0 Å². The van der Waals surface area contributed by atoms with Crippen molar-refractivity contribution >= 4 is 11.9 Å². The molecule has 0 bridgehead atoms. The summed E-state index contributed by atoms with van der Waals surface area (Å²) in [5, 5.41) is 3.37. The summed E-state index contributed by atoms with van der Waals surface area (Å²) in [4.78, 5) is 18.3. The number of hydrogen-bond acceptors (Lipinski definition) is 3. The second-order valence-corrected chi connectivity index (χ2v) is 10.8. The van der Waals surface area contributed by atoms with Crippen LogP contribution in [-0.2, 0) is 4.79 Å². The third kappa shape index (κ3) is 6.62. The molecule has 1 amide bonds. The molecule has 1 N–H and O–H groups in total. The van der Waals surface area contributed by atoms with Crippen molar-refractivity contribution in [1.29, 1.82) is 0 Å². The Labute approximate surface area is 206 Å². The lowest BCUT2D eigenvalue weighted by molar-refractivity contribution is -0.119. The van der Waals surface area contributed by atoms with Crippen LogP contribution in [-0.4, -0.2) is 46.9 Å². The Morgan fingerprint density at radius 3 is 2.18 bits per heavy atom. The van der Waals surface area contributed by atoms with E-state index in [1.165, 1.54) is 101 Å². The SMILES string of the molecule is CNC1CCCCCCC1.O=CN1CCCC(c2nc(C3CCCCCC3)n3ccccc23)C1. The smallest absolute Gasteiger partial charge is 0.209 e. The molecule has 5 nitrogen and oxygen atoms in total. The standard InChI is InChI=1S/C20H27N3O.C9H19N/c24-15-22-12-7-10-17(14-22)19-18-11-5-6-13-23(18)20(21-19)16-8-3-1-2-4-9-16;1-10-9-7-5-3-2-4-6-8-9/h5-6,11,13,15-17H,1-4,7-10,12,14H2;9-10H,2-8H2,1H3. The Balaban J connectivity index is 0.000000231. The quantitative estimate of drug-likeness (QED) is 0.417. The summed E-state index contributed by atoms with van der Waals surface area (Å²) >= 11 is 0. The number of carbonyl (C=O) groups is 1. The zero-order valence-electron chi connectivity index (χ0n) is 21.4. The van der Waals surface area contributed by atoms with Gasteiger partial charge in [-0.25, -0.2) is 4.98 Å². The number of carbonyl (C=O) groups excluding carboxylic acids is 1. The number of fused-ring (bicyclic) bond motifs is 1. The van der Waals surface area contributed by atoms with Crippen LogP contribution in [0.2, 0.25) is 0 Å². The van der Waals surface area contributed by atoms with Gasteiger partial charge in [-0.05, 0) is 57.7 Å². The van der Waals surface area contributed by atoms with Gasteiger partial charge in [-0.3, -0.25) is 4.79 Å². The minimum absolute atomic E-state index is 0.376. The van der Waals surface area contributed by atoms with E-state index in [9.17, 15) is 4.79 Å². The van der Waals surface area contributed by atoms with Gasteiger partial charge in [0, 0.05) is 37.2 Å². The molecule has 188 valence electrons. The number of nitrogens with one attached hydrogen (secondary N) is 1. The largest absolute Gasteiger partial charge is 0.345 e. The molecule has 3 fully saturated rings. The third-order valence-corrected chi connectivity index (χ3v) is 8.33. The molecule has 0 aromatic carbocycles. The van der Waals surface area contributed by atoms with Gasteiger partial charge >= 0.3 is 0 Å². The summed E-state index contributed by atoms with van der Waals surface area (Å²) in [6.07, 6.45) is 23.3. The lowest BCUT2D eigenvalue weighted by Crippen LogP contribution is -2.33. The Bertz CT molecular complexity index is 862. The molecule has 2 aliphatic carbocycles. The molecular formula is C29H46N4O. The highest BCUT2D eigenvalue weighted by Gasteiger charge is 2.27. The van der Waals surface area contributed by atoms with Crippen LogP contribution in [0.15, 0.2) is 24.4 Å². The van der Waals surface area contributed by atoms with E-state index in [0.717, 1.165) is 38.4 Å². The maximum absolute atomic E-state index is 11.2. The van der Waals surface area contributed by atoms with Gasteiger partial charge in [0.1, 0.15) is 5.82 Å². The fourth-order valence-electron chi connectivity index (χ4n) is 6.28. The van der Waals surface area contributed by atoms with E-state index in [-0.39, 0.29) is 0 Å². The van der Waals surface area contributed by atoms with Crippen molar-refractivity contribution in [2.24, 2.45) is 0 Å². The van der Waals surface area contributed by atoms with E-state index in [0.29, 0.717) is 11.8 Å². The highest BCUT2D eigenvalue weighted by atomic mass is 16.1. The Morgan fingerprint density at radius 2 is 1.50 bits per heavy atom. The second kappa shape index (κ2) is 13.3. The number of piperidine rings is 1. The lowest BCUT2D eigenvalue weighted by Gasteiger charge is -2.29. The molecule has 3 aliphatic rings.